The summed E-state index contributed by atoms with van der Waals surface area (Å²) in [6.07, 6.45) is -7.04. The van der Waals surface area contributed by atoms with Gasteiger partial charge in [-0.05, 0) is 36.4 Å². The van der Waals surface area contributed by atoms with Crippen LogP contribution in [0.3, 0.4) is 0 Å². The minimum Gasteiger partial charge on any atom is -0.359 e. The van der Waals surface area contributed by atoms with Crippen molar-refractivity contribution >= 4 is 0 Å². The molecule has 13 heteroatoms. The van der Waals surface area contributed by atoms with E-state index in [-0.39, 0.29) is 24.1 Å². The molecule has 2 aliphatic rings. The maximum absolute atomic E-state index is 13.5. The van der Waals surface area contributed by atoms with Gasteiger partial charge in [0.15, 0.2) is 11.6 Å². The van der Waals surface area contributed by atoms with Gasteiger partial charge in [-0.3, -0.25) is 4.68 Å². The van der Waals surface area contributed by atoms with Crippen LogP contribution in [-0.4, -0.2) is 24.9 Å². The van der Waals surface area contributed by atoms with Gasteiger partial charge in [-0.25, -0.2) is 14.4 Å². The highest BCUT2D eigenvalue weighted by atomic mass is 19.4. The first kappa shape index (κ1) is 23.5. The number of hydrogen-bond acceptors (Lipinski definition) is 5. The van der Waals surface area contributed by atoms with Crippen molar-refractivity contribution in [2.45, 2.75) is 18.9 Å². The Bertz CT molecular complexity index is 1500. The standard InChI is InChI=1S/C23H12F7N5O/c24-14-4-1-12(2-5-14)21-32-19-9-31-35(11-20(19)33-21)10-15-8-18(34-36-15)16-6-3-13(22(25,26)27)7-17(16)23(28,29)30/h1-9,11H,10H2. The van der Waals surface area contributed by atoms with Crippen molar-refractivity contribution in [1.82, 2.24) is 24.9 Å². The molecule has 3 heterocycles. The average molecular weight is 507 g/mol. The van der Waals surface area contributed by atoms with Crippen LogP contribution in [0.15, 0.2) is 65.4 Å². The Labute approximate surface area is 197 Å². The van der Waals surface area contributed by atoms with Gasteiger partial charge in [0.2, 0.25) is 0 Å². The zero-order chi connectivity index (χ0) is 25.7. The third kappa shape index (κ3) is 4.63. The van der Waals surface area contributed by atoms with Gasteiger partial charge in [0, 0.05) is 17.2 Å². The lowest BCUT2D eigenvalue weighted by Crippen LogP contribution is -2.12. The molecule has 1 aromatic heterocycles. The maximum atomic E-state index is 13.5. The van der Waals surface area contributed by atoms with Gasteiger partial charge in [0.1, 0.15) is 29.4 Å². The van der Waals surface area contributed by atoms with Crippen LogP contribution in [0.25, 0.3) is 34.0 Å². The molecule has 0 saturated heterocycles. The molecular weight excluding hydrogens is 495 g/mol. The minimum atomic E-state index is -5.05. The molecule has 0 aliphatic carbocycles. The highest BCUT2D eigenvalue weighted by Gasteiger charge is 2.39. The second-order valence-corrected chi connectivity index (χ2v) is 7.73. The molecule has 36 heavy (non-hydrogen) atoms. The third-order valence-electron chi connectivity index (χ3n) is 5.22. The Morgan fingerprint density at radius 3 is 2.22 bits per heavy atom. The summed E-state index contributed by atoms with van der Waals surface area (Å²) in [5.74, 6) is 0.0566. The Morgan fingerprint density at radius 2 is 1.53 bits per heavy atom. The van der Waals surface area contributed by atoms with Crippen molar-refractivity contribution in [3.63, 3.8) is 0 Å². The molecule has 0 fully saturated rings. The van der Waals surface area contributed by atoms with E-state index < -0.39 is 34.9 Å². The fourth-order valence-corrected chi connectivity index (χ4v) is 3.53. The van der Waals surface area contributed by atoms with Crippen molar-refractivity contribution in [2.75, 3.05) is 0 Å². The van der Waals surface area contributed by atoms with Crippen LogP contribution in [0.4, 0.5) is 30.7 Å². The minimum absolute atomic E-state index is 0.0424. The lowest BCUT2D eigenvalue weighted by Gasteiger charge is -2.14. The fraction of sp³-hybridized carbons (Fsp3) is 0.130. The lowest BCUT2D eigenvalue weighted by atomic mass is 10.0. The predicted molar refractivity (Wildman–Crippen MR) is 111 cm³/mol. The summed E-state index contributed by atoms with van der Waals surface area (Å²) >= 11 is 0. The van der Waals surface area contributed by atoms with Gasteiger partial charge in [0.05, 0.1) is 23.5 Å². The second-order valence-electron chi connectivity index (χ2n) is 7.73. The highest BCUT2D eigenvalue weighted by Crippen LogP contribution is 2.40. The molecule has 2 aromatic carbocycles. The van der Waals surface area contributed by atoms with E-state index in [0.29, 0.717) is 34.9 Å². The molecule has 0 N–H and O–H groups in total. The van der Waals surface area contributed by atoms with Crippen molar-refractivity contribution < 1.29 is 35.3 Å². The molecule has 0 unspecified atom stereocenters. The van der Waals surface area contributed by atoms with Crippen LogP contribution in [0.5, 0.6) is 0 Å². The summed E-state index contributed by atoms with van der Waals surface area (Å²) in [5.41, 5.74) is -2.23. The van der Waals surface area contributed by atoms with Crippen LogP contribution in [0.1, 0.15) is 16.9 Å². The summed E-state index contributed by atoms with van der Waals surface area (Å²) < 4.78 is 98.9. The molecular formula is C23H12F7N5O. The smallest absolute Gasteiger partial charge is 0.359 e. The van der Waals surface area contributed by atoms with Gasteiger partial charge < -0.3 is 4.52 Å². The highest BCUT2D eigenvalue weighted by molar-refractivity contribution is 5.66. The van der Waals surface area contributed by atoms with Gasteiger partial charge in [-0.2, -0.15) is 31.4 Å². The Hall–Kier alpha value is -4.29. The Balaban J connectivity index is 1.42. The summed E-state index contributed by atoms with van der Waals surface area (Å²) in [6, 6.07) is 8.10. The lowest BCUT2D eigenvalue weighted by molar-refractivity contribution is -0.142. The first-order valence-corrected chi connectivity index (χ1v) is 10.2. The predicted octanol–water partition coefficient (Wildman–Crippen LogP) is 6.32. The largest absolute Gasteiger partial charge is 0.417 e. The monoisotopic (exact) mass is 507 g/mol. The number of imidazole rings is 1. The fourth-order valence-electron chi connectivity index (χ4n) is 3.53. The van der Waals surface area contributed by atoms with E-state index in [1.54, 1.807) is 0 Å². The van der Waals surface area contributed by atoms with Crippen molar-refractivity contribution in [1.29, 1.82) is 0 Å². The number of hydrogen-bond donors (Lipinski definition) is 0. The molecule has 0 bridgehead atoms. The summed E-state index contributed by atoms with van der Waals surface area (Å²) in [6.45, 7) is -0.0519. The van der Waals surface area contributed by atoms with Gasteiger partial charge >= 0.3 is 12.4 Å². The molecule has 0 spiro atoms. The number of rotatable bonds is 4. The van der Waals surface area contributed by atoms with E-state index in [1.165, 1.54) is 47.4 Å². The van der Waals surface area contributed by atoms with Crippen LogP contribution >= 0.6 is 0 Å². The Morgan fingerprint density at radius 1 is 0.806 bits per heavy atom. The topological polar surface area (TPSA) is 69.6 Å². The van der Waals surface area contributed by atoms with Crippen LogP contribution in [0, 0.1) is 5.82 Å². The van der Waals surface area contributed by atoms with E-state index in [1.807, 2.05) is 0 Å². The maximum Gasteiger partial charge on any atom is 0.417 e. The first-order chi connectivity index (χ1) is 17.0. The molecule has 3 aromatic rings. The molecule has 0 amide bonds. The molecule has 0 atom stereocenters. The summed E-state index contributed by atoms with van der Waals surface area (Å²) in [7, 11) is 0. The normalized spacial score (nSPS) is 12.4. The SMILES string of the molecule is Fc1ccc(-c2nc3cnn(Cc4cc(-c5ccc(C(F)(F)F)cc5C(F)(F)F)no4)cc-3n2)cc1. The van der Waals surface area contributed by atoms with Gasteiger partial charge in [0.25, 0.3) is 0 Å². The average Bonchev–Trinajstić information content (AvgIpc) is 3.45. The van der Waals surface area contributed by atoms with Crippen molar-refractivity contribution in [2.24, 2.45) is 0 Å². The Kier molecular flexibility index (Phi) is 5.49. The number of nitrogens with zero attached hydrogens (tertiary/aromatic N) is 5. The molecule has 6 nitrogen and oxygen atoms in total. The van der Waals surface area contributed by atoms with Gasteiger partial charge in [-0.15, -0.1) is 0 Å². The van der Waals surface area contributed by atoms with Crippen LogP contribution < -0.4 is 0 Å². The molecule has 2 aliphatic heterocycles. The number of halogens is 7. The van der Waals surface area contributed by atoms with E-state index in [4.69, 9.17) is 4.52 Å². The number of alkyl halides is 6. The number of aromatic nitrogens is 5. The van der Waals surface area contributed by atoms with Crippen molar-refractivity contribution in [3.05, 3.63) is 83.6 Å². The summed E-state index contributed by atoms with van der Waals surface area (Å²) in [4.78, 5) is 8.71. The van der Waals surface area contributed by atoms with Crippen LogP contribution in [0.2, 0.25) is 0 Å². The first-order valence-electron chi connectivity index (χ1n) is 10.2. The van der Waals surface area contributed by atoms with E-state index >= 15 is 0 Å². The quantitative estimate of drug-likeness (QED) is 0.266. The van der Waals surface area contributed by atoms with Crippen LogP contribution in [-0.2, 0) is 18.9 Å². The summed E-state index contributed by atoms with van der Waals surface area (Å²) in [5, 5.41) is 7.77. The molecule has 0 saturated carbocycles. The van der Waals surface area contributed by atoms with E-state index in [9.17, 15) is 30.7 Å². The zero-order valence-electron chi connectivity index (χ0n) is 17.8. The number of benzene rings is 2. The molecule has 184 valence electrons. The second kappa shape index (κ2) is 8.43. The number of fused-ring (bicyclic) bond motifs is 1. The zero-order valence-corrected chi connectivity index (χ0v) is 17.8. The third-order valence-corrected chi connectivity index (χ3v) is 5.22. The van der Waals surface area contributed by atoms with E-state index in [0.717, 1.165) is 0 Å². The molecule has 0 radical (unpaired) electrons. The van der Waals surface area contributed by atoms with Gasteiger partial charge in [-0.1, -0.05) is 11.2 Å². The van der Waals surface area contributed by atoms with E-state index in [2.05, 4.69) is 20.2 Å². The van der Waals surface area contributed by atoms with Crippen molar-refractivity contribution in [3.8, 4) is 34.0 Å². The molecule has 5 rings (SSSR count).